The summed E-state index contributed by atoms with van der Waals surface area (Å²) in [5.41, 5.74) is 1.26. The van der Waals surface area contributed by atoms with Gasteiger partial charge in [0.05, 0.1) is 20.3 Å². The van der Waals surface area contributed by atoms with E-state index in [0.717, 1.165) is 34.5 Å². The van der Waals surface area contributed by atoms with Crippen LogP contribution in [-0.4, -0.2) is 20.3 Å². The lowest BCUT2D eigenvalue weighted by Gasteiger charge is -2.26. The zero-order valence-electron chi connectivity index (χ0n) is 12.6. The van der Waals surface area contributed by atoms with Crippen molar-refractivity contribution in [3.63, 3.8) is 0 Å². The third-order valence-corrected chi connectivity index (χ3v) is 5.11. The molecule has 112 valence electrons. The lowest BCUT2D eigenvalue weighted by atomic mass is 9.86. The molecule has 0 bridgehead atoms. The SMILES string of the molecule is COc1cc(Br)c(C[NH2+]C2CCCCC2C)cc1OC. The Kier molecular flexibility index (Phi) is 5.73. The number of halogens is 1. The van der Waals surface area contributed by atoms with Gasteiger partial charge in [0.2, 0.25) is 0 Å². The number of benzene rings is 1. The van der Waals surface area contributed by atoms with Gasteiger partial charge in [0, 0.05) is 16.0 Å². The summed E-state index contributed by atoms with van der Waals surface area (Å²) in [6, 6.07) is 4.82. The van der Waals surface area contributed by atoms with Crippen molar-refractivity contribution in [3.05, 3.63) is 22.2 Å². The average Bonchev–Trinajstić information content (AvgIpc) is 2.47. The highest BCUT2D eigenvalue weighted by Crippen LogP contribution is 2.33. The van der Waals surface area contributed by atoms with Crippen molar-refractivity contribution in [1.29, 1.82) is 0 Å². The van der Waals surface area contributed by atoms with E-state index in [9.17, 15) is 0 Å². The number of hydrogen-bond acceptors (Lipinski definition) is 2. The van der Waals surface area contributed by atoms with Crippen LogP contribution in [-0.2, 0) is 6.54 Å². The minimum Gasteiger partial charge on any atom is -0.493 e. The monoisotopic (exact) mass is 342 g/mol. The zero-order chi connectivity index (χ0) is 14.5. The Labute approximate surface area is 130 Å². The standard InChI is InChI=1S/C16H24BrNO2/c1-11-6-4-5-7-14(11)18-10-12-8-15(19-2)16(20-3)9-13(12)17/h8-9,11,14,18H,4-7,10H2,1-3H3/p+1. The molecule has 1 saturated carbocycles. The van der Waals surface area contributed by atoms with Crippen molar-refractivity contribution < 1.29 is 14.8 Å². The van der Waals surface area contributed by atoms with Crippen LogP contribution in [0, 0.1) is 5.92 Å². The fourth-order valence-corrected chi connectivity index (χ4v) is 3.51. The molecule has 0 radical (unpaired) electrons. The lowest BCUT2D eigenvalue weighted by molar-refractivity contribution is -0.712. The highest BCUT2D eigenvalue weighted by atomic mass is 79.9. The van der Waals surface area contributed by atoms with Crippen LogP contribution in [0.3, 0.4) is 0 Å². The zero-order valence-corrected chi connectivity index (χ0v) is 14.2. The van der Waals surface area contributed by atoms with E-state index >= 15 is 0 Å². The summed E-state index contributed by atoms with van der Waals surface area (Å²) in [4.78, 5) is 0. The quantitative estimate of drug-likeness (QED) is 0.892. The molecule has 1 aromatic rings. The summed E-state index contributed by atoms with van der Waals surface area (Å²) in [5.74, 6) is 2.40. The smallest absolute Gasteiger partial charge is 0.161 e. The second-order valence-corrected chi connectivity index (χ2v) is 6.52. The third kappa shape index (κ3) is 3.67. The second-order valence-electron chi connectivity index (χ2n) is 5.66. The molecule has 3 nitrogen and oxygen atoms in total. The number of ether oxygens (including phenoxy) is 2. The van der Waals surface area contributed by atoms with Crippen LogP contribution in [0.1, 0.15) is 38.2 Å². The van der Waals surface area contributed by atoms with Crippen LogP contribution in [0.15, 0.2) is 16.6 Å². The number of methoxy groups -OCH3 is 2. The average molecular weight is 343 g/mol. The van der Waals surface area contributed by atoms with Gasteiger partial charge in [-0.15, -0.1) is 0 Å². The van der Waals surface area contributed by atoms with E-state index in [1.165, 1.54) is 31.2 Å². The Bertz CT molecular complexity index is 450. The van der Waals surface area contributed by atoms with Crippen LogP contribution >= 0.6 is 15.9 Å². The summed E-state index contributed by atoms with van der Waals surface area (Å²) in [6.45, 7) is 3.36. The Morgan fingerprint density at radius 3 is 2.45 bits per heavy atom. The second kappa shape index (κ2) is 7.32. The van der Waals surface area contributed by atoms with Gasteiger partial charge in [0.25, 0.3) is 0 Å². The molecule has 2 atom stereocenters. The van der Waals surface area contributed by atoms with E-state index < -0.39 is 0 Å². The van der Waals surface area contributed by atoms with Crippen molar-refractivity contribution in [3.8, 4) is 11.5 Å². The van der Waals surface area contributed by atoms with Gasteiger partial charge < -0.3 is 14.8 Å². The normalized spacial score (nSPS) is 22.6. The van der Waals surface area contributed by atoms with E-state index in [1.807, 2.05) is 6.07 Å². The molecule has 1 fully saturated rings. The van der Waals surface area contributed by atoms with Crippen molar-refractivity contribution in [2.75, 3.05) is 14.2 Å². The summed E-state index contributed by atoms with van der Waals surface area (Å²) in [7, 11) is 3.35. The third-order valence-electron chi connectivity index (χ3n) is 4.37. The predicted octanol–water partition coefficient (Wildman–Crippen LogP) is 3.11. The molecule has 2 unspecified atom stereocenters. The molecule has 2 N–H and O–H groups in total. The first kappa shape index (κ1) is 15.6. The van der Waals surface area contributed by atoms with Gasteiger partial charge >= 0.3 is 0 Å². The van der Waals surface area contributed by atoms with Gasteiger partial charge in [-0.05, 0) is 31.4 Å². The van der Waals surface area contributed by atoms with Gasteiger partial charge in [-0.3, -0.25) is 0 Å². The maximum atomic E-state index is 5.39. The number of quaternary nitrogens is 1. The molecule has 0 aliphatic heterocycles. The van der Waals surface area contributed by atoms with E-state index in [4.69, 9.17) is 9.47 Å². The molecular weight excluding hydrogens is 318 g/mol. The van der Waals surface area contributed by atoms with E-state index in [-0.39, 0.29) is 0 Å². The van der Waals surface area contributed by atoms with Crippen molar-refractivity contribution >= 4 is 15.9 Å². The number of hydrogen-bond donors (Lipinski definition) is 1. The topological polar surface area (TPSA) is 35.1 Å². The molecule has 0 amide bonds. The van der Waals surface area contributed by atoms with Crippen molar-refractivity contribution in [2.45, 2.75) is 45.2 Å². The summed E-state index contributed by atoms with van der Waals surface area (Å²) in [6.07, 6.45) is 5.48. The van der Waals surface area contributed by atoms with Crippen molar-refractivity contribution in [2.24, 2.45) is 5.92 Å². The first-order valence-corrected chi connectivity index (χ1v) is 8.18. The number of rotatable bonds is 5. The molecule has 4 heteroatoms. The summed E-state index contributed by atoms with van der Waals surface area (Å²) >= 11 is 3.64. The Morgan fingerprint density at radius 2 is 1.80 bits per heavy atom. The van der Waals surface area contributed by atoms with Crippen LogP contribution in [0.4, 0.5) is 0 Å². The van der Waals surface area contributed by atoms with Crippen LogP contribution in [0.2, 0.25) is 0 Å². The van der Waals surface area contributed by atoms with Gasteiger partial charge in [0.15, 0.2) is 11.5 Å². The molecule has 1 aromatic carbocycles. The van der Waals surface area contributed by atoms with Gasteiger partial charge in [-0.2, -0.15) is 0 Å². The largest absolute Gasteiger partial charge is 0.493 e. The molecule has 0 spiro atoms. The minimum atomic E-state index is 0.753. The lowest BCUT2D eigenvalue weighted by Crippen LogP contribution is -2.90. The number of nitrogens with two attached hydrogens (primary N) is 1. The predicted molar refractivity (Wildman–Crippen MR) is 84.3 cm³/mol. The molecule has 0 saturated heterocycles. The minimum absolute atomic E-state index is 0.753. The summed E-state index contributed by atoms with van der Waals surface area (Å²) in [5, 5.41) is 2.48. The fraction of sp³-hybridized carbons (Fsp3) is 0.625. The molecule has 1 aliphatic rings. The molecule has 2 rings (SSSR count). The van der Waals surface area contributed by atoms with Gasteiger partial charge in [0.1, 0.15) is 6.54 Å². The Balaban J connectivity index is 2.05. The molecular formula is C16H25BrNO2+. The highest BCUT2D eigenvalue weighted by molar-refractivity contribution is 9.10. The first-order chi connectivity index (χ1) is 9.65. The molecule has 1 aliphatic carbocycles. The molecule has 20 heavy (non-hydrogen) atoms. The van der Waals surface area contributed by atoms with Gasteiger partial charge in [-0.25, -0.2) is 0 Å². The maximum absolute atomic E-state index is 5.39. The molecule has 0 aromatic heterocycles. The Hall–Kier alpha value is -0.740. The highest BCUT2D eigenvalue weighted by Gasteiger charge is 2.24. The molecule has 0 heterocycles. The van der Waals surface area contributed by atoms with Crippen molar-refractivity contribution in [1.82, 2.24) is 0 Å². The van der Waals surface area contributed by atoms with Gasteiger partial charge in [-0.1, -0.05) is 29.3 Å². The maximum Gasteiger partial charge on any atom is 0.161 e. The summed E-state index contributed by atoms with van der Waals surface area (Å²) < 4.78 is 11.8. The van der Waals surface area contributed by atoms with E-state index in [1.54, 1.807) is 14.2 Å². The Morgan fingerprint density at radius 1 is 1.15 bits per heavy atom. The first-order valence-electron chi connectivity index (χ1n) is 7.39. The fourth-order valence-electron chi connectivity index (χ4n) is 3.03. The van der Waals surface area contributed by atoms with Crippen LogP contribution in [0.25, 0.3) is 0 Å². The van der Waals surface area contributed by atoms with E-state index in [0.29, 0.717) is 0 Å². The van der Waals surface area contributed by atoms with Crippen LogP contribution < -0.4 is 14.8 Å². The van der Waals surface area contributed by atoms with E-state index in [2.05, 4.69) is 34.2 Å². The van der Waals surface area contributed by atoms with Crippen LogP contribution in [0.5, 0.6) is 11.5 Å².